The van der Waals surface area contributed by atoms with E-state index in [-0.39, 0.29) is 0 Å². The number of pyridine rings is 1. The number of hydrogen-bond donors (Lipinski definition) is 1. The number of hydrogen-bond acceptors (Lipinski definition) is 4. The molecule has 0 fully saturated rings. The van der Waals surface area contributed by atoms with E-state index in [4.69, 9.17) is 10.5 Å². The first kappa shape index (κ1) is 10.8. The molecule has 4 heteroatoms. The van der Waals surface area contributed by atoms with Crippen molar-refractivity contribution in [2.24, 2.45) is 0 Å². The Morgan fingerprint density at radius 1 is 1.12 bits per heavy atom. The Morgan fingerprint density at radius 2 is 1.88 bits per heavy atom. The van der Waals surface area contributed by atoms with E-state index in [1.54, 1.807) is 25.1 Å². The summed E-state index contributed by atoms with van der Waals surface area (Å²) in [6, 6.07) is 11.7. The van der Waals surface area contributed by atoms with E-state index in [1.807, 2.05) is 36.4 Å². The molecule has 0 spiro atoms. The number of ether oxygens (including phenoxy) is 1. The van der Waals surface area contributed by atoms with E-state index >= 15 is 0 Å². The van der Waals surface area contributed by atoms with Crippen LogP contribution in [0.4, 0.5) is 5.82 Å². The average molecular weight is 232 g/mol. The van der Waals surface area contributed by atoms with Crippen LogP contribution in [0.2, 0.25) is 0 Å². The lowest BCUT2D eigenvalue weighted by Crippen LogP contribution is -1.88. The summed E-state index contributed by atoms with van der Waals surface area (Å²) >= 11 is 1.65. The molecule has 3 nitrogen and oxygen atoms in total. The zero-order chi connectivity index (χ0) is 11.4. The third kappa shape index (κ3) is 2.67. The van der Waals surface area contributed by atoms with Gasteiger partial charge in [0, 0.05) is 16.0 Å². The van der Waals surface area contributed by atoms with Crippen molar-refractivity contribution >= 4 is 17.6 Å². The van der Waals surface area contributed by atoms with Gasteiger partial charge in [-0.1, -0.05) is 11.8 Å². The molecule has 0 saturated carbocycles. The first-order valence-corrected chi connectivity index (χ1v) is 5.63. The van der Waals surface area contributed by atoms with Crippen molar-refractivity contribution in [3.63, 3.8) is 0 Å². The van der Waals surface area contributed by atoms with E-state index in [0.717, 1.165) is 15.5 Å². The predicted molar refractivity (Wildman–Crippen MR) is 65.8 cm³/mol. The van der Waals surface area contributed by atoms with Crippen molar-refractivity contribution in [1.82, 2.24) is 4.98 Å². The summed E-state index contributed by atoms with van der Waals surface area (Å²) in [5.74, 6) is 1.40. The summed E-state index contributed by atoms with van der Waals surface area (Å²) in [6.45, 7) is 0. The molecule has 1 aromatic carbocycles. The van der Waals surface area contributed by atoms with Crippen molar-refractivity contribution in [1.29, 1.82) is 0 Å². The van der Waals surface area contributed by atoms with Crippen molar-refractivity contribution < 1.29 is 4.74 Å². The fraction of sp³-hybridized carbons (Fsp3) is 0.0833. The summed E-state index contributed by atoms with van der Waals surface area (Å²) < 4.78 is 5.10. The molecule has 82 valence electrons. The van der Waals surface area contributed by atoms with Crippen molar-refractivity contribution in [2.45, 2.75) is 9.79 Å². The van der Waals surface area contributed by atoms with E-state index in [0.29, 0.717) is 5.82 Å². The third-order valence-corrected chi connectivity index (χ3v) is 3.05. The van der Waals surface area contributed by atoms with Gasteiger partial charge in [-0.25, -0.2) is 4.98 Å². The normalized spacial score (nSPS) is 10.1. The second-order valence-corrected chi connectivity index (χ2v) is 4.34. The highest BCUT2D eigenvalue weighted by atomic mass is 32.2. The first-order valence-electron chi connectivity index (χ1n) is 4.81. The summed E-state index contributed by atoms with van der Waals surface area (Å²) in [6.07, 6.45) is 1.71. The summed E-state index contributed by atoms with van der Waals surface area (Å²) in [7, 11) is 1.66. The molecule has 0 saturated heterocycles. The first-order chi connectivity index (χ1) is 7.78. The van der Waals surface area contributed by atoms with Crippen molar-refractivity contribution in [3.8, 4) is 5.75 Å². The smallest absolute Gasteiger partial charge is 0.124 e. The molecule has 2 aromatic rings. The predicted octanol–water partition coefficient (Wildman–Crippen LogP) is 2.82. The minimum Gasteiger partial charge on any atom is -0.497 e. The molecule has 2 rings (SSSR count). The number of methoxy groups -OCH3 is 1. The van der Waals surface area contributed by atoms with E-state index in [9.17, 15) is 0 Å². The zero-order valence-corrected chi connectivity index (χ0v) is 9.70. The molecular weight excluding hydrogens is 220 g/mol. The van der Waals surface area contributed by atoms with Gasteiger partial charge in [0.1, 0.15) is 11.6 Å². The minimum absolute atomic E-state index is 0.540. The van der Waals surface area contributed by atoms with Gasteiger partial charge in [-0.05, 0) is 36.4 Å². The Morgan fingerprint density at radius 3 is 2.50 bits per heavy atom. The topological polar surface area (TPSA) is 48.1 Å². The number of nitrogen functional groups attached to an aromatic ring is 1. The van der Waals surface area contributed by atoms with Crippen LogP contribution in [0.3, 0.4) is 0 Å². The van der Waals surface area contributed by atoms with E-state index < -0.39 is 0 Å². The number of aromatic nitrogens is 1. The highest BCUT2D eigenvalue weighted by Crippen LogP contribution is 2.29. The maximum atomic E-state index is 5.61. The number of nitrogens with two attached hydrogens (primary N) is 1. The lowest BCUT2D eigenvalue weighted by molar-refractivity contribution is 0.414. The maximum absolute atomic E-state index is 5.61. The Bertz CT molecular complexity index is 471. The molecule has 0 aliphatic heterocycles. The van der Waals surface area contributed by atoms with Crippen LogP contribution < -0.4 is 10.5 Å². The molecule has 0 radical (unpaired) electrons. The molecule has 1 aromatic heterocycles. The van der Waals surface area contributed by atoms with Crippen LogP contribution in [0.25, 0.3) is 0 Å². The second-order valence-electron chi connectivity index (χ2n) is 3.19. The van der Waals surface area contributed by atoms with Crippen molar-refractivity contribution in [2.75, 3.05) is 12.8 Å². The van der Waals surface area contributed by atoms with Crippen LogP contribution in [0, 0.1) is 0 Å². The minimum atomic E-state index is 0.540. The molecule has 0 amide bonds. The molecule has 2 N–H and O–H groups in total. The van der Waals surface area contributed by atoms with Gasteiger partial charge in [-0.2, -0.15) is 0 Å². The van der Waals surface area contributed by atoms with Gasteiger partial charge in [-0.15, -0.1) is 0 Å². The molecule has 0 aliphatic rings. The van der Waals surface area contributed by atoms with E-state index in [1.165, 1.54) is 0 Å². The number of nitrogens with zero attached hydrogens (tertiary/aromatic N) is 1. The second kappa shape index (κ2) is 4.90. The maximum Gasteiger partial charge on any atom is 0.124 e. The molecule has 0 aliphatic carbocycles. The van der Waals surface area contributed by atoms with Crippen LogP contribution in [0.5, 0.6) is 5.75 Å². The number of benzene rings is 1. The SMILES string of the molecule is COc1ccc(Sc2ccnc(N)c2)cc1. The monoisotopic (exact) mass is 232 g/mol. The summed E-state index contributed by atoms with van der Waals surface area (Å²) in [5, 5.41) is 0. The van der Waals surface area contributed by atoms with Gasteiger partial charge in [-0.3, -0.25) is 0 Å². The lowest BCUT2D eigenvalue weighted by atomic mass is 10.3. The molecule has 1 heterocycles. The van der Waals surface area contributed by atoms with Crippen LogP contribution in [0.15, 0.2) is 52.4 Å². The zero-order valence-electron chi connectivity index (χ0n) is 8.88. The van der Waals surface area contributed by atoms with Gasteiger partial charge in [0.05, 0.1) is 7.11 Å². The fourth-order valence-electron chi connectivity index (χ4n) is 1.27. The van der Waals surface area contributed by atoms with E-state index in [2.05, 4.69) is 4.98 Å². The van der Waals surface area contributed by atoms with Crippen LogP contribution in [0.1, 0.15) is 0 Å². The molecule has 16 heavy (non-hydrogen) atoms. The number of rotatable bonds is 3. The lowest BCUT2D eigenvalue weighted by Gasteiger charge is -2.03. The Labute approximate surface area is 98.6 Å². The van der Waals surface area contributed by atoms with Gasteiger partial charge in [0.2, 0.25) is 0 Å². The molecule has 0 atom stereocenters. The third-order valence-electron chi connectivity index (χ3n) is 2.05. The Hall–Kier alpha value is -1.68. The van der Waals surface area contributed by atoms with Gasteiger partial charge < -0.3 is 10.5 Å². The largest absolute Gasteiger partial charge is 0.497 e. The van der Waals surface area contributed by atoms with Gasteiger partial charge in [0.15, 0.2) is 0 Å². The molecule has 0 unspecified atom stereocenters. The summed E-state index contributed by atoms with van der Waals surface area (Å²) in [5.41, 5.74) is 5.61. The van der Waals surface area contributed by atoms with Crippen LogP contribution in [-0.4, -0.2) is 12.1 Å². The number of anilines is 1. The Kier molecular flexibility index (Phi) is 3.31. The fourth-order valence-corrected chi connectivity index (χ4v) is 2.12. The molecule has 0 bridgehead atoms. The van der Waals surface area contributed by atoms with Crippen LogP contribution >= 0.6 is 11.8 Å². The Balaban J connectivity index is 2.14. The van der Waals surface area contributed by atoms with Gasteiger partial charge >= 0.3 is 0 Å². The quantitative estimate of drug-likeness (QED) is 0.884. The highest BCUT2D eigenvalue weighted by Gasteiger charge is 1.98. The van der Waals surface area contributed by atoms with Crippen molar-refractivity contribution in [3.05, 3.63) is 42.6 Å². The van der Waals surface area contributed by atoms with Gasteiger partial charge in [0.25, 0.3) is 0 Å². The highest BCUT2D eigenvalue weighted by molar-refractivity contribution is 7.99. The average Bonchev–Trinajstić information content (AvgIpc) is 2.30. The summed E-state index contributed by atoms with van der Waals surface area (Å²) in [4.78, 5) is 6.18. The standard InChI is InChI=1S/C12H12N2OS/c1-15-9-2-4-10(5-3-9)16-11-6-7-14-12(13)8-11/h2-8H,1H3,(H2,13,14). The van der Waals surface area contributed by atoms with Crippen LogP contribution in [-0.2, 0) is 0 Å². The molecular formula is C12H12N2OS.